The van der Waals surface area contributed by atoms with Crippen LogP contribution in [0.15, 0.2) is 47.6 Å². The van der Waals surface area contributed by atoms with Crippen LogP contribution in [0, 0.1) is 13.8 Å². The Hall–Kier alpha value is -3.33. The lowest BCUT2D eigenvalue weighted by Gasteiger charge is -2.09. The molecule has 168 valence electrons. The predicted molar refractivity (Wildman–Crippen MR) is 125 cm³/mol. The summed E-state index contributed by atoms with van der Waals surface area (Å²) in [6, 6.07) is 13.3. The van der Waals surface area contributed by atoms with E-state index >= 15 is 0 Å². The summed E-state index contributed by atoms with van der Waals surface area (Å²) in [5, 5.41) is 14.7. The largest absolute Gasteiger partial charge is 0.497 e. The van der Waals surface area contributed by atoms with E-state index in [2.05, 4.69) is 20.8 Å². The third kappa shape index (κ3) is 6.34. The van der Waals surface area contributed by atoms with Crippen molar-refractivity contribution >= 4 is 29.3 Å². The van der Waals surface area contributed by atoms with Crippen LogP contribution in [0.25, 0.3) is 0 Å². The van der Waals surface area contributed by atoms with Gasteiger partial charge in [0.05, 0.1) is 25.8 Å². The number of aryl methyl sites for hydroxylation is 2. The Morgan fingerprint density at radius 3 is 2.50 bits per heavy atom. The van der Waals surface area contributed by atoms with Crippen molar-refractivity contribution in [1.29, 1.82) is 0 Å². The number of nitrogens with zero attached hydrogens (tertiary/aromatic N) is 3. The highest BCUT2D eigenvalue weighted by molar-refractivity contribution is 7.99. The highest BCUT2D eigenvalue weighted by Gasteiger charge is 2.13. The van der Waals surface area contributed by atoms with E-state index in [9.17, 15) is 9.59 Å². The number of nitrogens with one attached hydrogen (secondary N) is 2. The fourth-order valence-electron chi connectivity index (χ4n) is 3.06. The molecule has 3 aromatic rings. The Balaban J connectivity index is 1.47. The van der Waals surface area contributed by atoms with Gasteiger partial charge in [0.15, 0.2) is 11.0 Å². The lowest BCUT2D eigenvalue weighted by molar-refractivity contribution is -0.120. The fraction of sp³-hybridized carbons (Fsp3) is 0.304. The second-order valence-corrected chi connectivity index (χ2v) is 8.36. The fourth-order valence-corrected chi connectivity index (χ4v) is 3.79. The van der Waals surface area contributed by atoms with Gasteiger partial charge in [0.2, 0.25) is 11.8 Å². The van der Waals surface area contributed by atoms with Crippen LogP contribution in [0.1, 0.15) is 22.5 Å². The van der Waals surface area contributed by atoms with Gasteiger partial charge in [-0.2, -0.15) is 0 Å². The second kappa shape index (κ2) is 10.8. The van der Waals surface area contributed by atoms with E-state index in [4.69, 9.17) is 4.74 Å². The summed E-state index contributed by atoms with van der Waals surface area (Å²) in [5.41, 5.74) is 3.87. The molecule has 0 saturated carbocycles. The Morgan fingerprint density at radius 1 is 1.06 bits per heavy atom. The molecule has 0 radical (unpaired) electrons. The number of ether oxygens (including phenoxy) is 1. The van der Waals surface area contributed by atoms with Crippen LogP contribution in [0.3, 0.4) is 0 Å². The summed E-state index contributed by atoms with van der Waals surface area (Å²) >= 11 is 1.30. The summed E-state index contributed by atoms with van der Waals surface area (Å²) in [5.74, 6) is 1.36. The molecule has 9 heteroatoms. The van der Waals surface area contributed by atoms with Crippen molar-refractivity contribution < 1.29 is 14.3 Å². The van der Waals surface area contributed by atoms with Crippen molar-refractivity contribution in [3.63, 3.8) is 0 Å². The lowest BCUT2D eigenvalue weighted by atomic mass is 10.1. The normalized spacial score (nSPS) is 10.6. The van der Waals surface area contributed by atoms with Crippen LogP contribution >= 0.6 is 11.8 Å². The number of aromatic nitrogens is 3. The number of rotatable bonds is 9. The van der Waals surface area contributed by atoms with Gasteiger partial charge >= 0.3 is 0 Å². The van der Waals surface area contributed by atoms with Gasteiger partial charge < -0.3 is 19.9 Å². The molecule has 8 nitrogen and oxygen atoms in total. The quantitative estimate of drug-likeness (QED) is 0.483. The van der Waals surface area contributed by atoms with Crippen LogP contribution in [-0.4, -0.2) is 39.4 Å². The number of amides is 2. The molecule has 0 aliphatic heterocycles. The van der Waals surface area contributed by atoms with Gasteiger partial charge in [0.1, 0.15) is 5.75 Å². The van der Waals surface area contributed by atoms with Gasteiger partial charge in [-0.15, -0.1) is 10.2 Å². The molecule has 0 saturated heterocycles. The SMILES string of the molecule is COc1ccc(CC(=O)NCc2nnc(SCC(=O)Nc3ccc(C)cc3C)n2C)cc1. The van der Waals surface area contributed by atoms with E-state index in [1.807, 2.05) is 63.4 Å². The maximum absolute atomic E-state index is 12.3. The average molecular weight is 454 g/mol. The smallest absolute Gasteiger partial charge is 0.234 e. The highest BCUT2D eigenvalue weighted by atomic mass is 32.2. The predicted octanol–water partition coefficient (Wildman–Crippen LogP) is 3.03. The first kappa shape index (κ1) is 23.3. The third-order valence-electron chi connectivity index (χ3n) is 4.88. The number of benzene rings is 2. The van der Waals surface area contributed by atoms with Gasteiger partial charge in [-0.1, -0.05) is 41.6 Å². The molecule has 3 rings (SSSR count). The van der Waals surface area contributed by atoms with E-state index in [1.165, 1.54) is 11.8 Å². The van der Waals surface area contributed by atoms with E-state index in [1.54, 1.807) is 11.7 Å². The maximum Gasteiger partial charge on any atom is 0.234 e. The Morgan fingerprint density at radius 2 is 1.81 bits per heavy atom. The number of carbonyl (C=O) groups is 2. The number of hydrogen-bond acceptors (Lipinski definition) is 6. The summed E-state index contributed by atoms with van der Waals surface area (Å²) < 4.78 is 6.90. The van der Waals surface area contributed by atoms with Gasteiger partial charge in [-0.3, -0.25) is 9.59 Å². The first-order valence-corrected chi connectivity index (χ1v) is 11.1. The Kier molecular flexibility index (Phi) is 7.88. The van der Waals surface area contributed by atoms with Gasteiger partial charge in [0, 0.05) is 12.7 Å². The van der Waals surface area contributed by atoms with Crippen molar-refractivity contribution in [2.75, 3.05) is 18.2 Å². The molecule has 0 unspecified atom stereocenters. The van der Waals surface area contributed by atoms with Crippen molar-refractivity contribution in [1.82, 2.24) is 20.1 Å². The number of thioether (sulfide) groups is 1. The van der Waals surface area contributed by atoms with Gasteiger partial charge in [-0.25, -0.2) is 0 Å². The Bertz CT molecular complexity index is 1100. The zero-order valence-corrected chi connectivity index (χ0v) is 19.5. The zero-order chi connectivity index (χ0) is 23.1. The van der Waals surface area contributed by atoms with Gasteiger partial charge in [-0.05, 0) is 43.2 Å². The molecule has 1 heterocycles. The standard InChI is InChI=1S/C23H27N5O3S/c1-15-5-10-19(16(2)11-15)25-22(30)14-32-23-27-26-20(28(23)3)13-24-21(29)12-17-6-8-18(31-4)9-7-17/h5-11H,12-14H2,1-4H3,(H,24,29)(H,25,30). The minimum Gasteiger partial charge on any atom is -0.497 e. The summed E-state index contributed by atoms with van der Waals surface area (Å²) in [4.78, 5) is 24.6. The molecule has 0 spiro atoms. The zero-order valence-electron chi connectivity index (χ0n) is 18.6. The van der Waals surface area contributed by atoms with E-state index in [0.717, 1.165) is 28.1 Å². The molecule has 0 bridgehead atoms. The monoisotopic (exact) mass is 453 g/mol. The molecule has 1 aromatic heterocycles. The van der Waals surface area contributed by atoms with Crippen molar-refractivity contribution in [3.8, 4) is 5.75 Å². The van der Waals surface area contributed by atoms with E-state index in [0.29, 0.717) is 11.0 Å². The van der Waals surface area contributed by atoms with Crippen LogP contribution in [0.4, 0.5) is 5.69 Å². The van der Waals surface area contributed by atoms with E-state index < -0.39 is 0 Å². The maximum atomic E-state index is 12.3. The molecule has 0 aliphatic rings. The molecular formula is C23H27N5O3S. The average Bonchev–Trinajstić information content (AvgIpc) is 3.12. The number of hydrogen-bond donors (Lipinski definition) is 2. The number of carbonyl (C=O) groups excluding carboxylic acids is 2. The third-order valence-corrected chi connectivity index (χ3v) is 5.90. The van der Waals surface area contributed by atoms with Crippen molar-refractivity contribution in [2.24, 2.45) is 7.05 Å². The molecule has 0 atom stereocenters. The molecule has 2 amide bonds. The molecule has 2 N–H and O–H groups in total. The van der Waals surface area contributed by atoms with Gasteiger partial charge in [0.25, 0.3) is 0 Å². The topological polar surface area (TPSA) is 98.1 Å². The molecule has 2 aromatic carbocycles. The molecule has 0 aliphatic carbocycles. The highest BCUT2D eigenvalue weighted by Crippen LogP contribution is 2.19. The minimum atomic E-state index is -0.112. The first-order valence-electron chi connectivity index (χ1n) is 10.1. The molecule has 0 fully saturated rings. The Labute approximate surface area is 191 Å². The summed E-state index contributed by atoms with van der Waals surface area (Å²) in [6.45, 7) is 4.24. The van der Waals surface area contributed by atoms with Crippen molar-refractivity contribution in [3.05, 3.63) is 65.0 Å². The van der Waals surface area contributed by atoms with Crippen LogP contribution in [0.5, 0.6) is 5.75 Å². The minimum absolute atomic E-state index is 0.111. The van der Waals surface area contributed by atoms with Crippen molar-refractivity contribution in [2.45, 2.75) is 32.0 Å². The second-order valence-electron chi connectivity index (χ2n) is 7.41. The molecule has 32 heavy (non-hydrogen) atoms. The van der Waals surface area contributed by atoms with E-state index in [-0.39, 0.29) is 30.5 Å². The van der Waals surface area contributed by atoms with Crippen LogP contribution < -0.4 is 15.4 Å². The first-order chi connectivity index (χ1) is 15.4. The van der Waals surface area contributed by atoms with Crippen LogP contribution in [-0.2, 0) is 29.6 Å². The number of anilines is 1. The summed E-state index contributed by atoms with van der Waals surface area (Å²) in [6.07, 6.45) is 0.266. The van der Waals surface area contributed by atoms with Crippen LogP contribution in [0.2, 0.25) is 0 Å². The lowest BCUT2D eigenvalue weighted by Crippen LogP contribution is -2.26. The molecular weight excluding hydrogens is 426 g/mol. The summed E-state index contributed by atoms with van der Waals surface area (Å²) in [7, 11) is 3.42. The number of methoxy groups -OCH3 is 1.